The van der Waals surface area contributed by atoms with Gasteiger partial charge >= 0.3 is 0 Å². The third kappa shape index (κ3) is 4.47. The Morgan fingerprint density at radius 1 is 0.404 bits per heavy atom. The van der Waals surface area contributed by atoms with Crippen molar-refractivity contribution in [2.75, 3.05) is 0 Å². The Balaban J connectivity index is 1.04. The van der Waals surface area contributed by atoms with E-state index >= 15 is 0 Å². The molecular weight excluding hydrogens is 731 g/mol. The Labute approximate surface area is 334 Å². The molecule has 3 nitrogen and oxygen atoms in total. The second-order valence-electron chi connectivity index (χ2n) is 14.9. The number of rotatable bonds is 3. The van der Waals surface area contributed by atoms with E-state index in [0.29, 0.717) is 0 Å². The molecule has 0 aliphatic carbocycles. The lowest BCUT2D eigenvalue weighted by Gasteiger charge is -2.12. The zero-order chi connectivity index (χ0) is 37.2. The SMILES string of the molecule is c1ccc(-c2nc(-c3ccc4c(c3)sc3ccc(-n5c6ccccc6c6c7c8ccccc8sc7c7ccccc7c65)cc34)nc3c2ccc2ccccc23)cc1. The van der Waals surface area contributed by atoms with Crippen LogP contribution in [0.3, 0.4) is 0 Å². The highest BCUT2D eigenvalue weighted by Gasteiger charge is 2.22. The predicted octanol–water partition coefficient (Wildman–Crippen LogP) is 15.1. The Morgan fingerprint density at radius 2 is 1.12 bits per heavy atom. The first-order valence-corrected chi connectivity index (χ1v) is 20.9. The van der Waals surface area contributed by atoms with Gasteiger partial charge in [-0.05, 0) is 47.9 Å². The summed E-state index contributed by atoms with van der Waals surface area (Å²) in [6.45, 7) is 0. The van der Waals surface area contributed by atoms with Crippen molar-refractivity contribution in [3.05, 3.63) is 176 Å². The summed E-state index contributed by atoms with van der Waals surface area (Å²) in [4.78, 5) is 10.5. The Bertz CT molecular complexity index is 3820. The molecule has 9 aromatic carbocycles. The lowest BCUT2D eigenvalue weighted by atomic mass is 10.00. The predicted molar refractivity (Wildman–Crippen MR) is 246 cm³/mol. The van der Waals surface area contributed by atoms with Gasteiger partial charge in [0.2, 0.25) is 0 Å². The fraction of sp³-hybridized carbons (Fsp3) is 0. The summed E-state index contributed by atoms with van der Waals surface area (Å²) < 4.78 is 7.68. The first kappa shape index (κ1) is 31.3. The van der Waals surface area contributed by atoms with Crippen LogP contribution in [-0.2, 0) is 0 Å². The summed E-state index contributed by atoms with van der Waals surface area (Å²) in [5.74, 6) is 0.738. The number of thiophene rings is 2. The largest absolute Gasteiger partial charge is 0.309 e. The standard InChI is InChI=1S/C52H29N3S2/c1-2-13-31(14-3-1)48-40-26-22-30-12-4-5-15-34(30)49(40)54-52(53-48)32-23-25-35-41-29-33(24-27-44(41)56-45(35)28-32)55-42-20-10-8-18-38(42)46-47-39-19-9-11-21-43(39)57-51(47)37-17-7-6-16-36(37)50(46)55/h1-29H. The minimum atomic E-state index is 0.738. The van der Waals surface area contributed by atoms with E-state index in [9.17, 15) is 0 Å². The van der Waals surface area contributed by atoms with Crippen LogP contribution in [0.1, 0.15) is 0 Å². The molecule has 0 fully saturated rings. The fourth-order valence-electron chi connectivity index (χ4n) is 9.24. The van der Waals surface area contributed by atoms with Gasteiger partial charge in [0.05, 0.1) is 22.2 Å². The van der Waals surface area contributed by atoms with Gasteiger partial charge in [-0.15, -0.1) is 22.7 Å². The molecule has 0 N–H and O–H groups in total. The molecule has 4 aromatic heterocycles. The molecule has 0 radical (unpaired) electrons. The smallest absolute Gasteiger partial charge is 0.160 e. The Kier molecular flexibility index (Phi) is 6.48. The number of fused-ring (bicyclic) bond motifs is 16. The van der Waals surface area contributed by atoms with Gasteiger partial charge in [0.1, 0.15) is 0 Å². The summed E-state index contributed by atoms with van der Waals surface area (Å²) in [5.41, 5.74) is 7.68. The van der Waals surface area contributed by atoms with Crippen LogP contribution in [0.5, 0.6) is 0 Å². The van der Waals surface area contributed by atoms with Gasteiger partial charge in [-0.1, -0.05) is 133 Å². The molecule has 0 aliphatic heterocycles. The number of hydrogen-bond acceptors (Lipinski definition) is 4. The van der Waals surface area contributed by atoms with Crippen molar-refractivity contribution in [2.45, 2.75) is 0 Å². The number of hydrogen-bond donors (Lipinski definition) is 0. The van der Waals surface area contributed by atoms with E-state index < -0.39 is 0 Å². The Morgan fingerprint density at radius 3 is 2.02 bits per heavy atom. The molecule has 0 aliphatic rings. The van der Waals surface area contributed by atoms with Crippen LogP contribution in [0.15, 0.2) is 176 Å². The quantitative estimate of drug-likeness (QED) is 0.168. The van der Waals surface area contributed by atoms with Crippen LogP contribution >= 0.6 is 22.7 Å². The van der Waals surface area contributed by atoms with Crippen molar-refractivity contribution < 1.29 is 0 Å². The molecule has 57 heavy (non-hydrogen) atoms. The molecule has 0 saturated heterocycles. The second-order valence-corrected chi connectivity index (χ2v) is 17.0. The highest BCUT2D eigenvalue weighted by molar-refractivity contribution is 7.27. The molecule has 5 heteroatoms. The van der Waals surface area contributed by atoms with E-state index in [1.165, 1.54) is 84.0 Å². The highest BCUT2D eigenvalue weighted by Crippen LogP contribution is 2.48. The van der Waals surface area contributed by atoms with Crippen molar-refractivity contribution in [3.8, 4) is 28.3 Å². The van der Waals surface area contributed by atoms with Crippen molar-refractivity contribution in [1.29, 1.82) is 0 Å². The van der Waals surface area contributed by atoms with Gasteiger partial charge < -0.3 is 4.57 Å². The van der Waals surface area contributed by atoms with Crippen molar-refractivity contribution in [3.63, 3.8) is 0 Å². The van der Waals surface area contributed by atoms with E-state index in [1.807, 2.05) is 22.7 Å². The zero-order valence-electron chi connectivity index (χ0n) is 30.4. The molecule has 0 saturated carbocycles. The average Bonchev–Trinajstić information content (AvgIpc) is 3.96. The lowest BCUT2D eigenvalue weighted by Crippen LogP contribution is -1.96. The molecule has 0 amide bonds. The number of benzene rings is 9. The Hall–Kier alpha value is -6.92. The van der Waals surface area contributed by atoms with Crippen LogP contribution in [0.2, 0.25) is 0 Å². The average molecular weight is 760 g/mol. The summed E-state index contributed by atoms with van der Waals surface area (Å²) >= 11 is 3.74. The second kappa shape index (κ2) is 11.8. The highest BCUT2D eigenvalue weighted by atomic mass is 32.1. The van der Waals surface area contributed by atoms with Gasteiger partial charge in [0.25, 0.3) is 0 Å². The van der Waals surface area contributed by atoms with E-state index in [0.717, 1.165) is 38.9 Å². The van der Waals surface area contributed by atoms with Crippen molar-refractivity contribution in [1.82, 2.24) is 14.5 Å². The first-order chi connectivity index (χ1) is 28.3. The fourth-order valence-corrected chi connectivity index (χ4v) is 11.6. The van der Waals surface area contributed by atoms with Gasteiger partial charge in [-0.2, -0.15) is 0 Å². The zero-order valence-corrected chi connectivity index (χ0v) is 32.0. The molecule has 0 bridgehead atoms. The molecule has 0 atom stereocenters. The maximum Gasteiger partial charge on any atom is 0.160 e. The minimum absolute atomic E-state index is 0.738. The monoisotopic (exact) mass is 759 g/mol. The van der Waals surface area contributed by atoms with Crippen molar-refractivity contribution >= 4 is 117 Å². The summed E-state index contributed by atoms with van der Waals surface area (Å²) in [6.07, 6.45) is 0. The third-order valence-electron chi connectivity index (χ3n) is 11.8. The van der Waals surface area contributed by atoms with Gasteiger partial charge in [-0.25, -0.2) is 9.97 Å². The number of para-hydroxylation sites is 1. The topological polar surface area (TPSA) is 30.7 Å². The minimum Gasteiger partial charge on any atom is -0.309 e. The molecule has 0 spiro atoms. The molecule has 264 valence electrons. The van der Waals surface area contributed by atoms with E-state index in [4.69, 9.17) is 9.97 Å². The van der Waals surface area contributed by atoms with Crippen LogP contribution in [0.25, 0.3) is 123 Å². The maximum atomic E-state index is 5.28. The van der Waals surface area contributed by atoms with Gasteiger partial charge in [-0.3, -0.25) is 0 Å². The van der Waals surface area contributed by atoms with Crippen LogP contribution in [-0.4, -0.2) is 14.5 Å². The molecule has 0 unspecified atom stereocenters. The maximum absolute atomic E-state index is 5.28. The van der Waals surface area contributed by atoms with E-state index in [1.54, 1.807) is 0 Å². The van der Waals surface area contributed by atoms with Gasteiger partial charge in [0.15, 0.2) is 5.82 Å². The summed E-state index contributed by atoms with van der Waals surface area (Å²) in [7, 11) is 0. The normalized spacial score (nSPS) is 12.2. The van der Waals surface area contributed by atoms with Crippen LogP contribution in [0, 0.1) is 0 Å². The number of nitrogens with zero attached hydrogens (tertiary/aromatic N) is 3. The third-order valence-corrected chi connectivity index (χ3v) is 14.1. The van der Waals surface area contributed by atoms with Crippen molar-refractivity contribution in [2.24, 2.45) is 0 Å². The summed E-state index contributed by atoms with van der Waals surface area (Å²) in [5, 5.41) is 13.7. The lowest BCUT2D eigenvalue weighted by molar-refractivity contribution is 1.19. The van der Waals surface area contributed by atoms with Crippen LogP contribution < -0.4 is 0 Å². The number of aromatic nitrogens is 3. The van der Waals surface area contributed by atoms with E-state index in [2.05, 4.69) is 180 Å². The van der Waals surface area contributed by atoms with Crippen LogP contribution in [0.4, 0.5) is 0 Å². The molecule has 13 aromatic rings. The first-order valence-electron chi connectivity index (χ1n) is 19.2. The molecule has 4 heterocycles. The van der Waals surface area contributed by atoms with Gasteiger partial charge in [0, 0.05) is 89.5 Å². The molecule has 13 rings (SSSR count). The van der Waals surface area contributed by atoms with E-state index in [-0.39, 0.29) is 0 Å². The molecular formula is C52H29N3S2. The summed E-state index contributed by atoms with van der Waals surface area (Å²) in [6, 6.07) is 63.9.